The smallest absolute Gasteiger partial charge is 0.125 e. The largest absolute Gasteiger partial charge is 0.493 e. The minimum atomic E-state index is 0.788. The molecule has 0 amide bonds. The first-order chi connectivity index (χ1) is 8.79. The molecule has 0 atom stereocenters. The average Bonchev–Trinajstić information content (AvgIpc) is 2.38. The van der Waals surface area contributed by atoms with Crippen molar-refractivity contribution in [3.05, 3.63) is 23.8 Å². The van der Waals surface area contributed by atoms with Gasteiger partial charge in [-0.2, -0.15) is 0 Å². The maximum atomic E-state index is 5.81. The lowest BCUT2D eigenvalue weighted by atomic mass is 10.2. The second kappa shape index (κ2) is 8.84. The predicted molar refractivity (Wildman–Crippen MR) is 76.6 cm³/mol. The second-order valence-corrected chi connectivity index (χ2v) is 4.64. The van der Waals surface area contributed by atoms with Crippen molar-refractivity contribution >= 4 is 0 Å². The summed E-state index contributed by atoms with van der Waals surface area (Å²) in [6, 6.07) is 6.04. The van der Waals surface area contributed by atoms with E-state index in [2.05, 4.69) is 20.8 Å². The Morgan fingerprint density at radius 2 is 1.39 bits per heavy atom. The summed E-state index contributed by atoms with van der Waals surface area (Å²) in [5, 5.41) is 0. The molecule has 1 aromatic rings. The van der Waals surface area contributed by atoms with Crippen LogP contribution in [0.1, 0.15) is 51.5 Å². The van der Waals surface area contributed by atoms with Crippen LogP contribution in [-0.2, 0) is 0 Å². The summed E-state index contributed by atoms with van der Waals surface area (Å²) in [7, 11) is 0. The van der Waals surface area contributed by atoms with Crippen LogP contribution in [0.3, 0.4) is 0 Å². The Hall–Kier alpha value is -1.18. The first-order valence-corrected chi connectivity index (χ1v) is 7.14. The topological polar surface area (TPSA) is 18.5 Å². The number of rotatable bonds is 9. The third-order valence-electron chi connectivity index (χ3n) is 3.00. The van der Waals surface area contributed by atoms with Gasteiger partial charge in [-0.3, -0.25) is 0 Å². The highest BCUT2D eigenvalue weighted by molar-refractivity contribution is 5.43. The van der Waals surface area contributed by atoms with Crippen LogP contribution in [0, 0.1) is 6.92 Å². The monoisotopic (exact) mass is 250 g/mol. The summed E-state index contributed by atoms with van der Waals surface area (Å²) < 4.78 is 11.6. The molecule has 0 spiro atoms. The fourth-order valence-corrected chi connectivity index (χ4v) is 1.77. The highest BCUT2D eigenvalue weighted by Crippen LogP contribution is 2.27. The van der Waals surface area contributed by atoms with Crippen LogP contribution in [-0.4, -0.2) is 13.2 Å². The lowest BCUT2D eigenvalue weighted by Crippen LogP contribution is -2.02. The summed E-state index contributed by atoms with van der Waals surface area (Å²) >= 11 is 0. The van der Waals surface area contributed by atoms with Crippen LogP contribution < -0.4 is 9.47 Å². The van der Waals surface area contributed by atoms with Gasteiger partial charge in [-0.1, -0.05) is 39.2 Å². The van der Waals surface area contributed by atoms with Gasteiger partial charge < -0.3 is 9.47 Å². The van der Waals surface area contributed by atoms with Crippen molar-refractivity contribution in [2.45, 2.75) is 52.9 Å². The van der Waals surface area contributed by atoms with Crippen LogP contribution in [0.5, 0.6) is 11.5 Å². The predicted octanol–water partition coefficient (Wildman–Crippen LogP) is 4.74. The molecular formula is C16H26O2. The molecule has 102 valence electrons. The standard InChI is InChI=1S/C16H26O2/c1-4-6-8-13-18-16-11-9-10-15(14(16)3)17-12-7-5-2/h9-11H,4-8,12-13H2,1-3H3. The highest BCUT2D eigenvalue weighted by atomic mass is 16.5. The molecule has 2 heteroatoms. The van der Waals surface area contributed by atoms with E-state index in [1.54, 1.807) is 0 Å². The Labute approximate surface area is 111 Å². The van der Waals surface area contributed by atoms with Gasteiger partial charge >= 0.3 is 0 Å². The third kappa shape index (κ3) is 4.99. The number of hydrogen-bond acceptors (Lipinski definition) is 2. The van der Waals surface area contributed by atoms with E-state index in [-0.39, 0.29) is 0 Å². The Kier molecular flexibility index (Phi) is 7.31. The van der Waals surface area contributed by atoms with E-state index < -0.39 is 0 Å². The van der Waals surface area contributed by atoms with Gasteiger partial charge in [-0.15, -0.1) is 0 Å². The quantitative estimate of drug-likeness (QED) is 0.589. The first kappa shape index (κ1) is 14.9. The summed E-state index contributed by atoms with van der Waals surface area (Å²) in [5.74, 6) is 1.91. The van der Waals surface area contributed by atoms with Gasteiger partial charge in [0.15, 0.2) is 0 Å². The van der Waals surface area contributed by atoms with E-state index >= 15 is 0 Å². The maximum Gasteiger partial charge on any atom is 0.125 e. The molecule has 18 heavy (non-hydrogen) atoms. The van der Waals surface area contributed by atoms with E-state index in [1.807, 2.05) is 18.2 Å². The Bertz CT molecular complexity index is 334. The van der Waals surface area contributed by atoms with Crippen molar-refractivity contribution in [2.24, 2.45) is 0 Å². The molecule has 0 saturated carbocycles. The van der Waals surface area contributed by atoms with E-state index in [0.29, 0.717) is 0 Å². The zero-order valence-corrected chi connectivity index (χ0v) is 12.0. The number of hydrogen-bond donors (Lipinski definition) is 0. The van der Waals surface area contributed by atoms with Crippen LogP contribution in [0.2, 0.25) is 0 Å². The van der Waals surface area contributed by atoms with Gasteiger partial charge in [0.1, 0.15) is 11.5 Å². The minimum Gasteiger partial charge on any atom is -0.493 e. The molecule has 2 nitrogen and oxygen atoms in total. The van der Waals surface area contributed by atoms with Gasteiger partial charge in [0.05, 0.1) is 13.2 Å². The SMILES string of the molecule is CCCCCOc1cccc(OCCCC)c1C. The molecule has 0 radical (unpaired) electrons. The highest BCUT2D eigenvalue weighted by Gasteiger charge is 2.05. The van der Waals surface area contributed by atoms with Crippen molar-refractivity contribution in [1.29, 1.82) is 0 Å². The maximum absolute atomic E-state index is 5.81. The molecular weight excluding hydrogens is 224 g/mol. The van der Waals surface area contributed by atoms with Crippen molar-refractivity contribution in [2.75, 3.05) is 13.2 Å². The normalized spacial score (nSPS) is 10.4. The molecule has 0 aliphatic rings. The first-order valence-electron chi connectivity index (χ1n) is 7.14. The average molecular weight is 250 g/mol. The van der Waals surface area contributed by atoms with E-state index in [0.717, 1.165) is 49.5 Å². The Morgan fingerprint density at radius 1 is 0.833 bits per heavy atom. The summed E-state index contributed by atoms with van der Waals surface area (Å²) in [4.78, 5) is 0. The molecule has 0 unspecified atom stereocenters. The van der Waals surface area contributed by atoms with Crippen LogP contribution in [0.4, 0.5) is 0 Å². The number of ether oxygens (including phenoxy) is 2. The fraction of sp³-hybridized carbons (Fsp3) is 0.625. The lowest BCUT2D eigenvalue weighted by molar-refractivity contribution is 0.289. The van der Waals surface area contributed by atoms with Crippen molar-refractivity contribution in [3.63, 3.8) is 0 Å². The summed E-state index contributed by atoms with van der Waals surface area (Å²) in [6.45, 7) is 8.02. The van der Waals surface area contributed by atoms with Gasteiger partial charge in [-0.25, -0.2) is 0 Å². The fourth-order valence-electron chi connectivity index (χ4n) is 1.77. The molecule has 0 aromatic heterocycles. The van der Waals surface area contributed by atoms with Gasteiger partial charge in [0, 0.05) is 5.56 Å². The minimum absolute atomic E-state index is 0.788. The Morgan fingerprint density at radius 3 is 1.94 bits per heavy atom. The van der Waals surface area contributed by atoms with Crippen LogP contribution in [0.15, 0.2) is 18.2 Å². The Balaban J connectivity index is 2.49. The molecule has 0 saturated heterocycles. The van der Waals surface area contributed by atoms with Crippen LogP contribution in [0.25, 0.3) is 0 Å². The molecule has 0 bridgehead atoms. The molecule has 0 aliphatic heterocycles. The number of benzene rings is 1. The van der Waals surface area contributed by atoms with E-state index in [4.69, 9.17) is 9.47 Å². The van der Waals surface area contributed by atoms with Crippen molar-refractivity contribution < 1.29 is 9.47 Å². The van der Waals surface area contributed by atoms with E-state index in [1.165, 1.54) is 12.8 Å². The molecule has 0 heterocycles. The third-order valence-corrected chi connectivity index (χ3v) is 3.00. The summed E-state index contributed by atoms with van der Waals surface area (Å²) in [6.07, 6.45) is 5.83. The molecule has 1 rings (SSSR count). The second-order valence-electron chi connectivity index (χ2n) is 4.64. The zero-order valence-electron chi connectivity index (χ0n) is 12.0. The van der Waals surface area contributed by atoms with Crippen molar-refractivity contribution in [3.8, 4) is 11.5 Å². The van der Waals surface area contributed by atoms with Crippen molar-refractivity contribution in [1.82, 2.24) is 0 Å². The molecule has 1 aromatic carbocycles. The van der Waals surface area contributed by atoms with Gasteiger partial charge in [0.25, 0.3) is 0 Å². The summed E-state index contributed by atoms with van der Waals surface area (Å²) in [5.41, 5.74) is 1.12. The van der Waals surface area contributed by atoms with Gasteiger partial charge in [0.2, 0.25) is 0 Å². The molecule has 0 N–H and O–H groups in total. The van der Waals surface area contributed by atoms with Crippen LogP contribution >= 0.6 is 0 Å². The molecule has 0 fully saturated rings. The molecule has 0 aliphatic carbocycles. The lowest BCUT2D eigenvalue weighted by Gasteiger charge is -2.13. The van der Waals surface area contributed by atoms with Gasteiger partial charge in [-0.05, 0) is 31.9 Å². The zero-order chi connectivity index (χ0) is 13.2. The van der Waals surface area contributed by atoms with E-state index in [9.17, 15) is 0 Å². The number of unbranched alkanes of at least 4 members (excludes halogenated alkanes) is 3.